The lowest BCUT2D eigenvalue weighted by molar-refractivity contribution is -0.384. The van der Waals surface area contributed by atoms with E-state index in [0.717, 1.165) is 69.5 Å². The van der Waals surface area contributed by atoms with Crippen LogP contribution in [0.3, 0.4) is 0 Å². The van der Waals surface area contributed by atoms with Crippen LogP contribution in [0.25, 0.3) is 11.1 Å². The second-order valence-electron chi connectivity index (χ2n) is 8.66. The van der Waals surface area contributed by atoms with Crippen molar-refractivity contribution in [1.29, 1.82) is 0 Å². The zero-order valence-corrected chi connectivity index (χ0v) is 19.8. The number of nitrogens with one attached hydrogen (secondary N) is 1. The summed E-state index contributed by atoms with van der Waals surface area (Å²) in [6.45, 7) is 5.30. The summed E-state index contributed by atoms with van der Waals surface area (Å²) < 4.78 is 0. The molecule has 0 radical (unpaired) electrons. The average molecular weight is 482 g/mol. The van der Waals surface area contributed by atoms with Gasteiger partial charge in [-0.05, 0) is 54.2 Å². The summed E-state index contributed by atoms with van der Waals surface area (Å²) in [6, 6.07) is 15.4. The molecule has 0 amide bonds. The molecule has 1 atom stereocenters. The van der Waals surface area contributed by atoms with E-state index in [0.29, 0.717) is 11.8 Å². The minimum Gasteiger partial charge on any atom is -0.393 e. The number of aliphatic hydroxyl groups excluding tert-OH is 1. The second kappa shape index (κ2) is 12.5. The zero-order valence-electron chi connectivity index (χ0n) is 18.2. The number of aliphatic hydroxyl groups is 1. The third-order valence-corrected chi connectivity index (χ3v) is 6.70. The number of hydrogen-bond acceptors (Lipinski definition) is 5. The third-order valence-electron chi connectivity index (χ3n) is 6.70. The van der Waals surface area contributed by atoms with Gasteiger partial charge >= 0.3 is 0 Å². The Balaban J connectivity index is 0.00000181. The Morgan fingerprint density at radius 3 is 2.28 bits per heavy atom. The van der Waals surface area contributed by atoms with Crippen LogP contribution in [0.5, 0.6) is 0 Å². The molecule has 1 aliphatic heterocycles. The predicted octanol–water partition coefficient (Wildman–Crippen LogP) is 4.65. The van der Waals surface area contributed by atoms with Crippen LogP contribution < -0.4 is 5.32 Å². The first-order valence-corrected chi connectivity index (χ1v) is 11.1. The Kier molecular flexibility index (Phi) is 10.4. The minimum absolute atomic E-state index is 0. The molecule has 0 aromatic heterocycles. The van der Waals surface area contributed by atoms with E-state index in [1.807, 2.05) is 6.07 Å². The van der Waals surface area contributed by atoms with Gasteiger partial charge in [0.25, 0.3) is 5.69 Å². The highest BCUT2D eigenvalue weighted by molar-refractivity contribution is 5.85. The first-order chi connectivity index (χ1) is 14.6. The fraction of sp³-hybridized carbons (Fsp3) is 0.500. The summed E-state index contributed by atoms with van der Waals surface area (Å²) in [6.07, 6.45) is 3.80. The van der Waals surface area contributed by atoms with Crippen molar-refractivity contribution < 1.29 is 10.0 Å². The maximum absolute atomic E-state index is 11.1. The molecule has 1 saturated heterocycles. The smallest absolute Gasteiger partial charge is 0.270 e. The van der Waals surface area contributed by atoms with Crippen molar-refractivity contribution in [3.05, 3.63) is 64.2 Å². The number of nitrogens with zero attached hydrogens (tertiary/aromatic N) is 2. The molecule has 2 aromatic rings. The highest BCUT2D eigenvalue weighted by Gasteiger charge is 2.29. The van der Waals surface area contributed by atoms with Gasteiger partial charge < -0.3 is 15.3 Å². The number of non-ortho nitro benzene ring substituents is 1. The summed E-state index contributed by atoms with van der Waals surface area (Å²) >= 11 is 0. The van der Waals surface area contributed by atoms with Crippen molar-refractivity contribution in [1.82, 2.24) is 10.2 Å². The fourth-order valence-corrected chi connectivity index (χ4v) is 4.92. The van der Waals surface area contributed by atoms with Gasteiger partial charge in [0.2, 0.25) is 0 Å². The van der Waals surface area contributed by atoms with Crippen molar-refractivity contribution in [2.75, 3.05) is 32.7 Å². The minimum atomic E-state index is -0.348. The van der Waals surface area contributed by atoms with Crippen molar-refractivity contribution >= 4 is 30.5 Å². The number of hydrogen-bond donors (Lipinski definition) is 2. The van der Waals surface area contributed by atoms with Gasteiger partial charge in [-0.2, -0.15) is 0 Å². The van der Waals surface area contributed by atoms with Crippen LogP contribution in [0, 0.1) is 16.0 Å². The van der Waals surface area contributed by atoms with E-state index in [4.69, 9.17) is 0 Å². The maximum Gasteiger partial charge on any atom is 0.270 e. The van der Waals surface area contributed by atoms with Gasteiger partial charge in [0.1, 0.15) is 0 Å². The molecule has 2 aliphatic rings. The van der Waals surface area contributed by atoms with E-state index in [1.165, 1.54) is 11.6 Å². The van der Waals surface area contributed by atoms with E-state index in [1.54, 1.807) is 12.1 Å². The normalized spacial score (nSPS) is 22.3. The highest BCUT2D eigenvalue weighted by atomic mass is 35.5. The molecule has 2 N–H and O–H groups in total. The van der Waals surface area contributed by atoms with E-state index < -0.39 is 0 Å². The summed E-state index contributed by atoms with van der Waals surface area (Å²) in [7, 11) is 0. The predicted molar refractivity (Wildman–Crippen MR) is 133 cm³/mol. The second-order valence-corrected chi connectivity index (χ2v) is 8.66. The van der Waals surface area contributed by atoms with Gasteiger partial charge in [-0.25, -0.2) is 0 Å². The van der Waals surface area contributed by atoms with Crippen LogP contribution in [0.15, 0.2) is 48.5 Å². The van der Waals surface area contributed by atoms with Crippen LogP contribution in [-0.2, 0) is 0 Å². The maximum atomic E-state index is 11.1. The standard InChI is InChI=1S/C24H31N3O3.2ClH/c28-23-10-8-20(9-11-23)24(17-26-14-12-25-13-15-26)19-6-4-18(5-7-19)21-2-1-3-22(16-21)27(29)30;;/h1-7,16,20,23-25,28H,8-15,17H2;2*1H. The molecule has 8 heteroatoms. The van der Waals surface area contributed by atoms with Crippen molar-refractivity contribution in [3.63, 3.8) is 0 Å². The Labute approximate surface area is 202 Å². The van der Waals surface area contributed by atoms with Crippen LogP contribution in [0.4, 0.5) is 5.69 Å². The van der Waals surface area contributed by atoms with E-state index in [9.17, 15) is 15.2 Å². The van der Waals surface area contributed by atoms with Crippen molar-refractivity contribution in [2.24, 2.45) is 5.92 Å². The Morgan fingerprint density at radius 1 is 1.00 bits per heavy atom. The summed E-state index contributed by atoms with van der Waals surface area (Å²) in [5.74, 6) is 1.04. The lowest BCUT2D eigenvalue weighted by Gasteiger charge is -2.37. The molecule has 1 unspecified atom stereocenters. The fourth-order valence-electron chi connectivity index (χ4n) is 4.92. The lowest BCUT2D eigenvalue weighted by Crippen LogP contribution is -2.46. The number of rotatable bonds is 6. The topological polar surface area (TPSA) is 78.6 Å². The SMILES string of the molecule is Cl.Cl.O=[N+]([O-])c1cccc(-c2ccc(C(CN3CCNCC3)C3CCC(O)CC3)cc2)c1. The monoisotopic (exact) mass is 481 g/mol. The van der Waals surface area contributed by atoms with Gasteiger partial charge in [0, 0.05) is 44.9 Å². The number of nitro groups is 1. The number of nitro benzene ring substituents is 1. The van der Waals surface area contributed by atoms with Gasteiger partial charge in [0.15, 0.2) is 0 Å². The zero-order chi connectivity index (χ0) is 20.9. The largest absolute Gasteiger partial charge is 0.393 e. The molecule has 4 rings (SSSR count). The van der Waals surface area contributed by atoms with Crippen LogP contribution in [-0.4, -0.2) is 53.8 Å². The van der Waals surface area contributed by atoms with Gasteiger partial charge in [-0.15, -0.1) is 24.8 Å². The molecular weight excluding hydrogens is 449 g/mol. The van der Waals surface area contributed by atoms with E-state index >= 15 is 0 Å². The van der Waals surface area contributed by atoms with Crippen LogP contribution in [0.2, 0.25) is 0 Å². The number of halogens is 2. The van der Waals surface area contributed by atoms with E-state index in [2.05, 4.69) is 34.5 Å². The van der Waals surface area contributed by atoms with Gasteiger partial charge in [-0.3, -0.25) is 10.1 Å². The first-order valence-electron chi connectivity index (χ1n) is 11.1. The first kappa shape index (κ1) is 26.6. The Hall–Kier alpha value is -1.70. The lowest BCUT2D eigenvalue weighted by atomic mass is 9.75. The number of piperazine rings is 1. The summed E-state index contributed by atoms with van der Waals surface area (Å²) in [5.41, 5.74) is 3.33. The Bertz CT molecular complexity index is 852. The highest BCUT2D eigenvalue weighted by Crippen LogP contribution is 2.37. The van der Waals surface area contributed by atoms with Gasteiger partial charge in [-0.1, -0.05) is 36.4 Å². The van der Waals surface area contributed by atoms with Crippen LogP contribution in [0.1, 0.15) is 37.2 Å². The molecule has 1 heterocycles. The molecule has 32 heavy (non-hydrogen) atoms. The third kappa shape index (κ3) is 6.65. The molecule has 2 fully saturated rings. The molecule has 0 bridgehead atoms. The molecule has 2 aromatic carbocycles. The molecular formula is C24H33Cl2N3O3. The average Bonchev–Trinajstić information content (AvgIpc) is 2.79. The molecule has 176 valence electrons. The molecule has 1 aliphatic carbocycles. The van der Waals surface area contributed by atoms with Crippen LogP contribution >= 0.6 is 24.8 Å². The molecule has 0 spiro atoms. The van der Waals surface area contributed by atoms with Crippen molar-refractivity contribution in [3.8, 4) is 11.1 Å². The molecule has 6 nitrogen and oxygen atoms in total. The quantitative estimate of drug-likeness (QED) is 0.463. The molecule has 1 saturated carbocycles. The van der Waals surface area contributed by atoms with Gasteiger partial charge in [0.05, 0.1) is 11.0 Å². The Morgan fingerprint density at radius 2 is 1.66 bits per heavy atom. The van der Waals surface area contributed by atoms with E-state index in [-0.39, 0.29) is 41.5 Å². The van der Waals surface area contributed by atoms with Crippen molar-refractivity contribution in [2.45, 2.75) is 37.7 Å². The number of benzene rings is 2. The summed E-state index contributed by atoms with van der Waals surface area (Å²) in [5, 5.41) is 24.5. The summed E-state index contributed by atoms with van der Waals surface area (Å²) in [4.78, 5) is 13.3.